The minimum absolute atomic E-state index is 0.142. The zero-order valence-electron chi connectivity index (χ0n) is 15.9. The van der Waals surface area contributed by atoms with E-state index < -0.39 is 12.1 Å². The number of carboxylic acid groups (broad SMARTS) is 1. The zero-order chi connectivity index (χ0) is 20.4. The molecule has 0 radical (unpaired) electrons. The highest BCUT2D eigenvalue weighted by atomic mass is 32.1. The summed E-state index contributed by atoms with van der Waals surface area (Å²) in [6.45, 7) is 2.36. The molecule has 0 saturated carbocycles. The van der Waals surface area contributed by atoms with Crippen LogP contribution >= 0.6 is 11.3 Å². The van der Waals surface area contributed by atoms with Crippen LogP contribution in [-0.2, 0) is 9.47 Å². The largest absolute Gasteiger partial charge is 0.477 e. The first-order valence-electron chi connectivity index (χ1n) is 9.28. The van der Waals surface area contributed by atoms with E-state index in [1.165, 1.54) is 0 Å². The first kappa shape index (κ1) is 19.4. The van der Waals surface area contributed by atoms with Crippen LogP contribution in [0.1, 0.15) is 32.5 Å². The van der Waals surface area contributed by atoms with Gasteiger partial charge in [0.05, 0.1) is 18.8 Å². The number of anilines is 1. The Balaban J connectivity index is 1.87. The SMILES string of the molecule is COC(c1ccc2ccccc2c1)c1c(C(=O)O)sc(N2CCOCC2)c1C#N. The second-order valence-corrected chi connectivity index (χ2v) is 7.76. The van der Waals surface area contributed by atoms with E-state index in [9.17, 15) is 15.2 Å². The molecule has 0 spiro atoms. The fraction of sp³-hybridized carbons (Fsp3) is 0.273. The second kappa shape index (κ2) is 8.21. The van der Waals surface area contributed by atoms with E-state index in [0.717, 1.165) is 27.7 Å². The minimum Gasteiger partial charge on any atom is -0.477 e. The Bertz CT molecular complexity index is 1100. The molecule has 1 saturated heterocycles. The van der Waals surface area contributed by atoms with Gasteiger partial charge in [-0.1, -0.05) is 36.4 Å². The van der Waals surface area contributed by atoms with Gasteiger partial charge in [0, 0.05) is 25.8 Å². The van der Waals surface area contributed by atoms with Crippen LogP contribution in [-0.4, -0.2) is 44.5 Å². The van der Waals surface area contributed by atoms with Gasteiger partial charge in [-0.05, 0) is 22.4 Å². The monoisotopic (exact) mass is 408 g/mol. The number of rotatable bonds is 5. The van der Waals surface area contributed by atoms with Gasteiger partial charge in [0.25, 0.3) is 0 Å². The normalized spacial score (nSPS) is 15.2. The summed E-state index contributed by atoms with van der Waals surface area (Å²) < 4.78 is 11.2. The van der Waals surface area contributed by atoms with Crippen LogP contribution in [0.25, 0.3) is 10.8 Å². The fourth-order valence-electron chi connectivity index (χ4n) is 3.73. The van der Waals surface area contributed by atoms with E-state index in [4.69, 9.17) is 9.47 Å². The first-order valence-corrected chi connectivity index (χ1v) is 10.1. The summed E-state index contributed by atoms with van der Waals surface area (Å²) in [6.07, 6.45) is -0.647. The van der Waals surface area contributed by atoms with Gasteiger partial charge in [-0.3, -0.25) is 0 Å². The molecule has 1 atom stereocenters. The van der Waals surface area contributed by atoms with Crippen LogP contribution in [0.5, 0.6) is 0 Å². The Labute approximate surface area is 172 Å². The Morgan fingerprint density at radius 1 is 1.24 bits per heavy atom. The van der Waals surface area contributed by atoms with Crippen LogP contribution in [0.3, 0.4) is 0 Å². The lowest BCUT2D eigenvalue weighted by molar-refractivity contribution is 0.0693. The number of benzene rings is 2. The van der Waals surface area contributed by atoms with Crippen LogP contribution < -0.4 is 4.90 Å². The molecule has 0 bridgehead atoms. The Kier molecular flexibility index (Phi) is 5.49. The van der Waals surface area contributed by atoms with Crippen molar-refractivity contribution < 1.29 is 19.4 Å². The van der Waals surface area contributed by atoms with Gasteiger partial charge in [0.1, 0.15) is 22.1 Å². The zero-order valence-corrected chi connectivity index (χ0v) is 16.7. The van der Waals surface area contributed by atoms with Crippen molar-refractivity contribution in [1.82, 2.24) is 0 Å². The van der Waals surface area contributed by atoms with Crippen molar-refractivity contribution in [2.75, 3.05) is 38.3 Å². The molecule has 2 aromatic carbocycles. The minimum atomic E-state index is -1.05. The molecule has 1 N–H and O–H groups in total. The molecular weight excluding hydrogens is 388 g/mol. The van der Waals surface area contributed by atoms with Crippen molar-refractivity contribution >= 4 is 33.1 Å². The van der Waals surface area contributed by atoms with Gasteiger partial charge >= 0.3 is 5.97 Å². The number of aromatic carboxylic acids is 1. The Hall–Kier alpha value is -2.92. The first-order chi connectivity index (χ1) is 14.1. The molecule has 1 aliphatic rings. The highest BCUT2D eigenvalue weighted by Gasteiger charge is 2.32. The van der Waals surface area contributed by atoms with Crippen molar-refractivity contribution in [2.24, 2.45) is 0 Å². The number of methoxy groups -OCH3 is 1. The Morgan fingerprint density at radius 2 is 1.97 bits per heavy atom. The topological polar surface area (TPSA) is 82.8 Å². The molecule has 7 heteroatoms. The van der Waals surface area contributed by atoms with Crippen LogP contribution in [0.4, 0.5) is 5.00 Å². The summed E-state index contributed by atoms with van der Waals surface area (Å²) in [5, 5.41) is 22.6. The number of hydrogen-bond donors (Lipinski definition) is 1. The summed E-state index contributed by atoms with van der Waals surface area (Å²) in [6, 6.07) is 16.1. The van der Waals surface area contributed by atoms with Crippen molar-refractivity contribution in [1.29, 1.82) is 5.26 Å². The smallest absolute Gasteiger partial charge is 0.346 e. The van der Waals surface area contributed by atoms with E-state index in [1.54, 1.807) is 7.11 Å². The predicted molar refractivity (Wildman–Crippen MR) is 112 cm³/mol. The number of carboxylic acids is 1. The second-order valence-electron chi connectivity index (χ2n) is 6.76. The highest BCUT2D eigenvalue weighted by molar-refractivity contribution is 7.18. The maximum absolute atomic E-state index is 12.1. The summed E-state index contributed by atoms with van der Waals surface area (Å²) >= 11 is 1.14. The molecular formula is C22H20N2O4S. The molecule has 2 heterocycles. The number of ether oxygens (including phenoxy) is 2. The summed E-state index contributed by atoms with van der Waals surface area (Å²) in [4.78, 5) is 14.2. The number of morpholine rings is 1. The quantitative estimate of drug-likeness (QED) is 0.686. The van der Waals surface area contributed by atoms with Crippen LogP contribution in [0, 0.1) is 11.3 Å². The van der Waals surface area contributed by atoms with E-state index in [1.807, 2.05) is 47.4 Å². The standard InChI is InChI=1S/C22H20N2O4S/c1-27-19(16-7-6-14-4-2-3-5-15(14)12-16)18-17(13-23)21(29-20(18)22(25)26)24-8-10-28-11-9-24/h2-7,12,19H,8-11H2,1H3,(H,25,26). The number of nitrogens with zero attached hydrogens (tertiary/aromatic N) is 2. The molecule has 4 rings (SSSR count). The maximum atomic E-state index is 12.1. The number of carbonyl (C=O) groups is 1. The van der Waals surface area contributed by atoms with Crippen molar-refractivity contribution in [2.45, 2.75) is 6.10 Å². The van der Waals surface area contributed by atoms with Gasteiger partial charge in [0.2, 0.25) is 0 Å². The molecule has 3 aromatic rings. The molecule has 0 amide bonds. The molecule has 0 aliphatic carbocycles. The average Bonchev–Trinajstić information content (AvgIpc) is 3.14. The highest BCUT2D eigenvalue weighted by Crippen LogP contribution is 2.42. The molecule has 1 aromatic heterocycles. The lowest BCUT2D eigenvalue weighted by atomic mass is 9.95. The van der Waals surface area contributed by atoms with Crippen molar-refractivity contribution in [3.05, 3.63) is 64.0 Å². The molecule has 148 valence electrons. The lowest BCUT2D eigenvalue weighted by Crippen LogP contribution is -2.36. The van der Waals surface area contributed by atoms with E-state index in [0.29, 0.717) is 42.4 Å². The predicted octanol–water partition coefficient (Wildman–Crippen LogP) is 4.04. The van der Waals surface area contributed by atoms with E-state index in [2.05, 4.69) is 6.07 Å². The van der Waals surface area contributed by atoms with Gasteiger partial charge in [-0.25, -0.2) is 4.79 Å². The molecule has 29 heavy (non-hydrogen) atoms. The summed E-state index contributed by atoms with van der Waals surface area (Å²) in [5.74, 6) is -1.05. The number of nitriles is 1. The molecule has 6 nitrogen and oxygen atoms in total. The van der Waals surface area contributed by atoms with Gasteiger partial charge < -0.3 is 19.5 Å². The third-order valence-corrected chi connectivity index (χ3v) is 6.36. The van der Waals surface area contributed by atoms with Gasteiger partial charge in [-0.15, -0.1) is 11.3 Å². The average molecular weight is 408 g/mol. The van der Waals surface area contributed by atoms with E-state index >= 15 is 0 Å². The number of hydrogen-bond acceptors (Lipinski definition) is 6. The van der Waals surface area contributed by atoms with Gasteiger partial charge in [-0.2, -0.15) is 5.26 Å². The summed E-state index contributed by atoms with van der Waals surface area (Å²) in [7, 11) is 1.54. The van der Waals surface area contributed by atoms with Crippen LogP contribution in [0.2, 0.25) is 0 Å². The van der Waals surface area contributed by atoms with Crippen LogP contribution in [0.15, 0.2) is 42.5 Å². The van der Waals surface area contributed by atoms with E-state index in [-0.39, 0.29) is 4.88 Å². The third kappa shape index (κ3) is 3.58. The van der Waals surface area contributed by atoms with Crippen molar-refractivity contribution in [3.63, 3.8) is 0 Å². The lowest BCUT2D eigenvalue weighted by Gasteiger charge is -2.28. The van der Waals surface area contributed by atoms with Crippen molar-refractivity contribution in [3.8, 4) is 6.07 Å². The number of fused-ring (bicyclic) bond motifs is 1. The van der Waals surface area contributed by atoms with Gasteiger partial charge in [0.15, 0.2) is 0 Å². The molecule has 1 fully saturated rings. The molecule has 1 unspecified atom stereocenters. The molecule has 1 aliphatic heterocycles. The Morgan fingerprint density at radius 3 is 2.62 bits per heavy atom. The maximum Gasteiger partial charge on any atom is 0.346 e. The number of thiophene rings is 1. The fourth-order valence-corrected chi connectivity index (χ4v) is 4.90. The third-order valence-electron chi connectivity index (χ3n) is 5.11. The summed E-state index contributed by atoms with van der Waals surface area (Å²) in [5.41, 5.74) is 1.61.